The first-order valence-corrected chi connectivity index (χ1v) is 10.6. The number of aromatic nitrogens is 1. The Morgan fingerprint density at radius 3 is 2.65 bits per heavy atom. The molecule has 3 fully saturated rings. The minimum atomic E-state index is -4.57. The fraction of sp³-hybridized carbons (Fsp3) is 0.700. The summed E-state index contributed by atoms with van der Waals surface area (Å²) in [5, 5.41) is 0. The lowest BCUT2D eigenvalue weighted by atomic mass is 10.1. The first-order chi connectivity index (χ1) is 14.7. The number of carbonyl (C=O) groups excluding carboxylic acids is 1. The number of nitrogens with one attached hydrogen (secondary N) is 1. The van der Waals surface area contributed by atoms with Crippen LogP contribution in [0.15, 0.2) is 16.9 Å². The molecule has 1 aromatic heterocycles. The highest BCUT2D eigenvalue weighted by Crippen LogP contribution is 2.33. The number of alkyl halides is 3. The van der Waals surface area contributed by atoms with E-state index in [0.717, 1.165) is 11.3 Å². The fourth-order valence-corrected chi connectivity index (χ4v) is 4.47. The van der Waals surface area contributed by atoms with Crippen LogP contribution in [0.1, 0.15) is 19.8 Å². The first-order valence-electron chi connectivity index (χ1n) is 10.6. The number of carbonyl (C=O) groups is 1. The lowest BCUT2D eigenvalue weighted by Crippen LogP contribution is -2.61. The van der Waals surface area contributed by atoms with E-state index in [4.69, 9.17) is 9.47 Å². The van der Waals surface area contributed by atoms with E-state index >= 15 is 0 Å². The lowest BCUT2D eigenvalue weighted by Gasteiger charge is -2.43. The molecule has 3 atom stereocenters. The fourth-order valence-electron chi connectivity index (χ4n) is 4.47. The maximum atomic E-state index is 14.0. The van der Waals surface area contributed by atoms with Crippen LogP contribution in [0.4, 0.5) is 24.7 Å². The molecule has 0 aliphatic carbocycles. The number of pyridine rings is 1. The number of rotatable bonds is 3. The van der Waals surface area contributed by atoms with Crippen LogP contribution in [-0.2, 0) is 14.3 Å². The van der Waals surface area contributed by atoms with E-state index in [9.17, 15) is 22.8 Å². The third kappa shape index (κ3) is 4.67. The Morgan fingerprint density at radius 1 is 1.16 bits per heavy atom. The van der Waals surface area contributed by atoms with E-state index in [1.807, 2.05) is 11.8 Å². The van der Waals surface area contributed by atoms with Gasteiger partial charge in [0.25, 0.3) is 11.5 Å². The zero-order chi connectivity index (χ0) is 22.2. The summed E-state index contributed by atoms with van der Waals surface area (Å²) in [6.45, 7) is 3.51. The number of H-pyrrole nitrogens is 1. The minimum absolute atomic E-state index is 0.00249. The van der Waals surface area contributed by atoms with E-state index in [0.29, 0.717) is 38.5 Å². The van der Waals surface area contributed by atoms with E-state index in [1.165, 1.54) is 11.0 Å². The number of hydrogen-bond acceptors (Lipinski definition) is 6. The van der Waals surface area contributed by atoms with Gasteiger partial charge in [0.15, 0.2) is 0 Å². The highest BCUT2D eigenvalue weighted by atomic mass is 19.4. The molecule has 0 saturated carbocycles. The van der Waals surface area contributed by atoms with Crippen molar-refractivity contribution >= 4 is 17.4 Å². The third-order valence-electron chi connectivity index (χ3n) is 6.10. The van der Waals surface area contributed by atoms with Crippen LogP contribution in [0, 0.1) is 0 Å². The largest absolute Gasteiger partial charge is 0.410 e. The number of amides is 1. The van der Waals surface area contributed by atoms with Crippen molar-refractivity contribution < 1.29 is 27.4 Å². The van der Waals surface area contributed by atoms with Crippen LogP contribution in [0.2, 0.25) is 0 Å². The smallest absolute Gasteiger partial charge is 0.377 e. The molecule has 31 heavy (non-hydrogen) atoms. The summed E-state index contributed by atoms with van der Waals surface area (Å²) in [6, 6.07) is 1.06. The van der Waals surface area contributed by atoms with Gasteiger partial charge in [-0.15, -0.1) is 0 Å². The van der Waals surface area contributed by atoms with Gasteiger partial charge in [0.1, 0.15) is 18.0 Å². The summed E-state index contributed by atoms with van der Waals surface area (Å²) >= 11 is 0. The van der Waals surface area contributed by atoms with Crippen molar-refractivity contribution in [2.24, 2.45) is 0 Å². The second-order valence-corrected chi connectivity index (χ2v) is 8.24. The Balaban J connectivity index is 1.59. The summed E-state index contributed by atoms with van der Waals surface area (Å²) in [6.07, 6.45) is -3.98. The Hall–Kier alpha value is -2.27. The average Bonchev–Trinajstić information content (AvgIpc) is 3.27. The number of halogens is 3. The summed E-state index contributed by atoms with van der Waals surface area (Å²) in [5.41, 5.74) is 0.0957. The molecule has 1 N–H and O–H groups in total. The topological polar surface area (TPSA) is 78.1 Å². The van der Waals surface area contributed by atoms with Gasteiger partial charge >= 0.3 is 6.18 Å². The number of anilines is 2. The molecule has 0 aromatic carbocycles. The van der Waals surface area contributed by atoms with Gasteiger partial charge in [-0.05, 0) is 19.8 Å². The molecule has 3 aliphatic heterocycles. The molecule has 1 unspecified atom stereocenters. The second-order valence-electron chi connectivity index (χ2n) is 8.24. The lowest BCUT2D eigenvalue weighted by molar-refractivity contribution is -0.164. The maximum absolute atomic E-state index is 14.0. The minimum Gasteiger partial charge on any atom is -0.377 e. The maximum Gasteiger partial charge on any atom is 0.410 e. The summed E-state index contributed by atoms with van der Waals surface area (Å²) in [4.78, 5) is 31.8. The predicted octanol–water partition coefficient (Wildman–Crippen LogP) is 1.36. The molecule has 1 amide bonds. The molecule has 0 spiro atoms. The van der Waals surface area contributed by atoms with Gasteiger partial charge in [0, 0.05) is 50.1 Å². The standard InChI is InChI=1S/C20H27F3N4O4/c1-13-12-30-8-6-26(13)14-9-17(24-18(28)10-14)27-5-4-25(11-16(27)20(21,22)23)19(29)15-3-2-7-31-15/h9-10,13,15-16H,2-8,11-12H2,1H3,(H,24,28)/t13-,15?,16-/m1/s1. The SMILES string of the molecule is C[C@@H]1COCCN1c1cc(N2CCN(C(=O)C3CCCO3)C[C@@H]2C(F)(F)F)[nH]c(=O)c1. The Kier molecular flexibility index (Phi) is 6.16. The van der Waals surface area contributed by atoms with Crippen molar-refractivity contribution in [3.8, 4) is 0 Å². The quantitative estimate of drug-likeness (QED) is 0.759. The summed E-state index contributed by atoms with van der Waals surface area (Å²) in [5.74, 6) is -0.288. The van der Waals surface area contributed by atoms with Crippen molar-refractivity contribution in [3.63, 3.8) is 0 Å². The number of ether oxygens (including phenoxy) is 2. The zero-order valence-corrected chi connectivity index (χ0v) is 17.4. The van der Waals surface area contributed by atoms with Gasteiger partial charge in [0.2, 0.25) is 0 Å². The monoisotopic (exact) mass is 444 g/mol. The molecule has 172 valence electrons. The molecule has 4 rings (SSSR count). The number of piperazine rings is 1. The van der Waals surface area contributed by atoms with Gasteiger partial charge in [-0.1, -0.05) is 0 Å². The van der Waals surface area contributed by atoms with Crippen LogP contribution < -0.4 is 15.4 Å². The van der Waals surface area contributed by atoms with Crippen molar-refractivity contribution in [2.45, 2.75) is 44.1 Å². The molecule has 0 bridgehead atoms. The number of morpholine rings is 1. The summed E-state index contributed by atoms with van der Waals surface area (Å²) in [7, 11) is 0. The Bertz CT molecular complexity index is 856. The molecule has 8 nitrogen and oxygen atoms in total. The van der Waals surface area contributed by atoms with Crippen molar-refractivity contribution in [2.75, 3.05) is 55.8 Å². The number of hydrogen-bond donors (Lipinski definition) is 1. The van der Waals surface area contributed by atoms with Gasteiger partial charge in [0.05, 0.1) is 19.8 Å². The first kappa shape index (κ1) is 21.9. The molecule has 3 saturated heterocycles. The number of nitrogens with zero attached hydrogens (tertiary/aromatic N) is 3. The molecule has 1 aromatic rings. The normalized spacial score (nSPS) is 27.6. The number of aromatic amines is 1. The molecule has 4 heterocycles. The van der Waals surface area contributed by atoms with Crippen molar-refractivity contribution in [1.82, 2.24) is 9.88 Å². The highest BCUT2D eigenvalue weighted by molar-refractivity contribution is 5.81. The van der Waals surface area contributed by atoms with E-state index in [1.54, 1.807) is 6.07 Å². The van der Waals surface area contributed by atoms with Crippen LogP contribution in [0.25, 0.3) is 0 Å². The van der Waals surface area contributed by atoms with E-state index in [-0.39, 0.29) is 24.9 Å². The third-order valence-corrected chi connectivity index (χ3v) is 6.10. The van der Waals surface area contributed by atoms with E-state index < -0.39 is 36.3 Å². The molecule has 3 aliphatic rings. The summed E-state index contributed by atoms with van der Waals surface area (Å²) < 4.78 is 52.7. The van der Waals surface area contributed by atoms with Crippen molar-refractivity contribution in [3.05, 3.63) is 22.5 Å². The molecule has 0 radical (unpaired) electrons. The Labute approximate surface area is 177 Å². The predicted molar refractivity (Wildman–Crippen MR) is 107 cm³/mol. The second kappa shape index (κ2) is 8.70. The Morgan fingerprint density at radius 2 is 1.97 bits per heavy atom. The average molecular weight is 444 g/mol. The van der Waals surface area contributed by atoms with Crippen LogP contribution >= 0.6 is 0 Å². The van der Waals surface area contributed by atoms with Crippen LogP contribution in [0.3, 0.4) is 0 Å². The van der Waals surface area contributed by atoms with Gasteiger partial charge in [-0.3, -0.25) is 9.59 Å². The van der Waals surface area contributed by atoms with Crippen molar-refractivity contribution in [1.29, 1.82) is 0 Å². The van der Waals surface area contributed by atoms with Crippen LogP contribution in [-0.4, -0.2) is 86.2 Å². The highest BCUT2D eigenvalue weighted by Gasteiger charge is 2.48. The van der Waals surface area contributed by atoms with Gasteiger partial charge < -0.3 is 29.2 Å². The molecule has 11 heteroatoms. The van der Waals surface area contributed by atoms with Gasteiger partial charge in [-0.25, -0.2) is 0 Å². The van der Waals surface area contributed by atoms with E-state index in [2.05, 4.69) is 4.98 Å². The molecular weight excluding hydrogens is 417 g/mol. The van der Waals surface area contributed by atoms with Crippen LogP contribution in [0.5, 0.6) is 0 Å². The molecular formula is C20H27F3N4O4. The zero-order valence-electron chi connectivity index (χ0n) is 17.4. The van der Waals surface area contributed by atoms with Gasteiger partial charge in [-0.2, -0.15) is 13.2 Å².